The average Bonchev–Trinajstić information content (AvgIpc) is 2.75. The number of rotatable bonds is 7. The van der Waals surface area contributed by atoms with E-state index in [0.717, 1.165) is 5.56 Å². The van der Waals surface area contributed by atoms with Gasteiger partial charge >= 0.3 is 0 Å². The third-order valence-corrected chi connectivity index (χ3v) is 5.17. The first-order chi connectivity index (χ1) is 14.0. The molecular weight excluding hydrogens is 382 g/mol. The van der Waals surface area contributed by atoms with Crippen molar-refractivity contribution < 1.29 is 34.1 Å². The number of aliphatic hydroxyl groups is 2. The lowest BCUT2D eigenvalue weighted by Crippen LogP contribution is -2.74. The van der Waals surface area contributed by atoms with E-state index in [9.17, 15) is 20.3 Å². The van der Waals surface area contributed by atoms with Gasteiger partial charge < -0.3 is 29.2 Å². The summed E-state index contributed by atoms with van der Waals surface area (Å²) in [6, 6.07) is 15.0. The first-order valence-corrected chi connectivity index (χ1v) is 9.17. The van der Waals surface area contributed by atoms with Crippen LogP contribution in [0.2, 0.25) is 0 Å². The van der Waals surface area contributed by atoms with Crippen LogP contribution in [0.4, 0.5) is 5.69 Å². The van der Waals surface area contributed by atoms with E-state index in [1.807, 2.05) is 30.3 Å². The lowest BCUT2D eigenvalue weighted by Gasteiger charge is -2.54. The zero-order valence-electron chi connectivity index (χ0n) is 15.4. The van der Waals surface area contributed by atoms with Crippen LogP contribution >= 0.6 is 0 Å². The summed E-state index contributed by atoms with van der Waals surface area (Å²) in [6.07, 6.45) is -3.58. The van der Waals surface area contributed by atoms with Gasteiger partial charge in [0, 0.05) is 12.1 Å². The standard InChI is InChI=1S/C20H21NO8/c22-11-20-12-27-17(16(18(20)23)26-10-13-4-2-1-3-5-13)19(29-20)28-15-8-6-14(7-9-15)21(24)25/h1-9,16-19,22-23H,10-12H2/t16-,17-,18+,19+,20+/m1/s1. The summed E-state index contributed by atoms with van der Waals surface area (Å²) in [5, 5.41) is 31.4. The molecule has 0 unspecified atom stereocenters. The van der Waals surface area contributed by atoms with Crippen LogP contribution in [0.5, 0.6) is 5.75 Å². The molecule has 3 fully saturated rings. The maximum Gasteiger partial charge on any atom is 0.269 e. The van der Waals surface area contributed by atoms with Gasteiger partial charge in [-0.2, -0.15) is 0 Å². The fourth-order valence-corrected chi connectivity index (χ4v) is 3.53. The Balaban J connectivity index is 1.51. The van der Waals surface area contributed by atoms with Gasteiger partial charge in [0.05, 0.1) is 24.7 Å². The number of ether oxygens (including phenoxy) is 4. The number of nitrogens with zero attached hydrogens (tertiary/aromatic N) is 1. The predicted octanol–water partition coefficient (Wildman–Crippen LogP) is 1.41. The third kappa shape index (κ3) is 3.83. The molecule has 0 spiro atoms. The third-order valence-electron chi connectivity index (χ3n) is 5.17. The molecule has 0 aliphatic carbocycles. The fourth-order valence-electron chi connectivity index (χ4n) is 3.53. The molecule has 5 atom stereocenters. The van der Waals surface area contributed by atoms with Crippen LogP contribution in [-0.2, 0) is 20.8 Å². The maximum atomic E-state index is 10.8. The second-order valence-electron chi connectivity index (χ2n) is 7.06. The molecule has 0 radical (unpaired) electrons. The fraction of sp³-hybridized carbons (Fsp3) is 0.400. The molecule has 3 saturated heterocycles. The minimum atomic E-state index is -1.37. The van der Waals surface area contributed by atoms with Crippen LogP contribution in [0.15, 0.2) is 54.6 Å². The summed E-state index contributed by atoms with van der Waals surface area (Å²) in [5.74, 6) is 0.334. The zero-order chi connectivity index (χ0) is 20.4. The number of nitro benzene ring substituents is 1. The van der Waals surface area contributed by atoms with E-state index in [2.05, 4.69) is 0 Å². The molecule has 9 heteroatoms. The van der Waals surface area contributed by atoms with Crippen molar-refractivity contribution in [2.24, 2.45) is 0 Å². The van der Waals surface area contributed by atoms with E-state index in [4.69, 9.17) is 18.9 Å². The summed E-state index contributed by atoms with van der Waals surface area (Å²) in [5.41, 5.74) is -0.513. The normalized spacial score (nSPS) is 30.8. The molecule has 3 aliphatic heterocycles. The molecule has 0 amide bonds. The first kappa shape index (κ1) is 19.7. The summed E-state index contributed by atoms with van der Waals surface area (Å²) >= 11 is 0. The number of hydrogen-bond acceptors (Lipinski definition) is 8. The highest BCUT2D eigenvalue weighted by Gasteiger charge is 2.61. The van der Waals surface area contributed by atoms with E-state index in [1.165, 1.54) is 24.3 Å². The Morgan fingerprint density at radius 2 is 1.90 bits per heavy atom. The van der Waals surface area contributed by atoms with E-state index < -0.39 is 41.7 Å². The molecule has 2 aromatic rings. The quantitative estimate of drug-likeness (QED) is 0.526. The molecule has 5 rings (SSSR count). The number of aliphatic hydroxyl groups excluding tert-OH is 2. The lowest BCUT2D eigenvalue weighted by atomic mass is 9.84. The topological polar surface area (TPSA) is 121 Å². The van der Waals surface area contributed by atoms with Crippen LogP contribution in [-0.4, -0.2) is 58.6 Å². The molecule has 154 valence electrons. The Bertz CT molecular complexity index is 845. The van der Waals surface area contributed by atoms with Crippen molar-refractivity contribution in [1.82, 2.24) is 0 Å². The summed E-state index contributed by atoms with van der Waals surface area (Å²) < 4.78 is 23.4. The maximum absolute atomic E-state index is 10.8. The highest BCUT2D eigenvalue weighted by Crippen LogP contribution is 2.40. The number of hydrogen-bond donors (Lipinski definition) is 2. The van der Waals surface area contributed by atoms with Gasteiger partial charge in [0.2, 0.25) is 6.29 Å². The van der Waals surface area contributed by atoms with Gasteiger partial charge in [-0.15, -0.1) is 0 Å². The van der Waals surface area contributed by atoms with Gasteiger partial charge in [0.1, 0.15) is 29.7 Å². The Labute approximate surface area is 166 Å². The predicted molar refractivity (Wildman–Crippen MR) is 99.2 cm³/mol. The molecule has 3 aliphatic rings. The molecule has 3 heterocycles. The van der Waals surface area contributed by atoms with Crippen molar-refractivity contribution >= 4 is 5.69 Å². The van der Waals surface area contributed by atoms with Gasteiger partial charge in [0.15, 0.2) is 0 Å². The first-order valence-electron chi connectivity index (χ1n) is 9.17. The highest BCUT2D eigenvalue weighted by molar-refractivity contribution is 5.36. The molecule has 29 heavy (non-hydrogen) atoms. The minimum absolute atomic E-state index is 0.000647. The zero-order valence-corrected chi connectivity index (χ0v) is 15.4. The van der Waals surface area contributed by atoms with Crippen molar-refractivity contribution in [2.75, 3.05) is 13.2 Å². The number of benzene rings is 2. The van der Waals surface area contributed by atoms with Crippen molar-refractivity contribution in [3.05, 3.63) is 70.3 Å². The van der Waals surface area contributed by atoms with E-state index >= 15 is 0 Å². The average molecular weight is 403 g/mol. The largest absolute Gasteiger partial charge is 0.462 e. The number of non-ortho nitro benzene ring substituents is 1. The van der Waals surface area contributed by atoms with Crippen molar-refractivity contribution in [3.8, 4) is 5.75 Å². The SMILES string of the molecule is O=[N+]([O-])c1ccc(O[C@H]2O[C@@]3(CO)CO[C@@H]2[C@@H](OCc2ccccc2)[C@@H]3O)cc1. The van der Waals surface area contributed by atoms with Crippen molar-refractivity contribution in [1.29, 1.82) is 0 Å². The molecule has 9 nitrogen and oxygen atoms in total. The number of nitro groups is 1. The Morgan fingerprint density at radius 3 is 2.55 bits per heavy atom. The van der Waals surface area contributed by atoms with Gasteiger partial charge in [-0.3, -0.25) is 10.1 Å². The minimum Gasteiger partial charge on any atom is -0.462 e. The van der Waals surface area contributed by atoms with E-state index in [0.29, 0.717) is 5.75 Å². The van der Waals surface area contributed by atoms with Gasteiger partial charge in [-0.05, 0) is 17.7 Å². The molecule has 2 N–H and O–H groups in total. The van der Waals surface area contributed by atoms with Crippen molar-refractivity contribution in [3.63, 3.8) is 0 Å². The molecule has 2 bridgehead atoms. The van der Waals surface area contributed by atoms with Gasteiger partial charge in [-0.1, -0.05) is 30.3 Å². The second-order valence-corrected chi connectivity index (χ2v) is 7.06. The second kappa shape index (κ2) is 8.05. The van der Waals surface area contributed by atoms with Crippen LogP contribution in [0.3, 0.4) is 0 Å². The van der Waals surface area contributed by atoms with Crippen molar-refractivity contribution in [2.45, 2.75) is 36.8 Å². The smallest absolute Gasteiger partial charge is 0.269 e. The number of fused-ring (bicyclic) bond motifs is 3. The van der Waals surface area contributed by atoms with Crippen LogP contribution in [0, 0.1) is 10.1 Å². The summed E-state index contributed by atoms with van der Waals surface area (Å²) in [7, 11) is 0. The monoisotopic (exact) mass is 403 g/mol. The molecule has 0 aromatic heterocycles. The molecule has 2 aromatic carbocycles. The molecule has 0 saturated carbocycles. The van der Waals surface area contributed by atoms with E-state index in [-0.39, 0.29) is 18.9 Å². The van der Waals surface area contributed by atoms with Gasteiger partial charge in [-0.25, -0.2) is 0 Å². The van der Waals surface area contributed by atoms with Crippen LogP contribution in [0.25, 0.3) is 0 Å². The van der Waals surface area contributed by atoms with Gasteiger partial charge in [0.25, 0.3) is 5.69 Å². The Kier molecular flexibility index (Phi) is 5.48. The van der Waals surface area contributed by atoms with E-state index in [1.54, 1.807) is 0 Å². The van der Waals surface area contributed by atoms with Crippen LogP contribution in [0.1, 0.15) is 5.56 Å². The Hall–Kier alpha value is -2.56. The van der Waals surface area contributed by atoms with Crippen LogP contribution < -0.4 is 4.74 Å². The summed E-state index contributed by atoms with van der Waals surface area (Å²) in [6.45, 7) is -0.235. The highest BCUT2D eigenvalue weighted by atomic mass is 16.7. The lowest BCUT2D eigenvalue weighted by molar-refractivity contribution is -0.388. The summed E-state index contributed by atoms with van der Waals surface area (Å²) in [4.78, 5) is 10.3. The molecular formula is C20H21NO8. The Morgan fingerprint density at radius 1 is 1.17 bits per heavy atom.